The first kappa shape index (κ1) is 22.0. The largest absolute Gasteiger partial charge is 0.497 e. The first-order chi connectivity index (χ1) is 14.4. The molecule has 2 N–H and O–H groups in total. The summed E-state index contributed by atoms with van der Waals surface area (Å²) < 4.78 is 5.26. The summed E-state index contributed by atoms with van der Waals surface area (Å²) in [4.78, 5) is 27.1. The van der Waals surface area contributed by atoms with Crippen LogP contribution >= 0.6 is 11.6 Å². The topological polar surface area (TPSA) is 70.7 Å². The van der Waals surface area contributed by atoms with Crippen LogP contribution in [0.2, 0.25) is 5.02 Å². The van der Waals surface area contributed by atoms with Crippen LogP contribution in [0.25, 0.3) is 0 Å². The predicted octanol–water partition coefficient (Wildman–Crippen LogP) is 4.51. The molecule has 6 nitrogen and oxygen atoms in total. The van der Waals surface area contributed by atoms with Crippen molar-refractivity contribution in [3.8, 4) is 5.75 Å². The Balaban J connectivity index is 1.76. The molecule has 2 aromatic carbocycles. The number of piperidine rings is 1. The van der Waals surface area contributed by atoms with E-state index in [-0.39, 0.29) is 29.8 Å². The zero-order valence-corrected chi connectivity index (χ0v) is 18.3. The summed E-state index contributed by atoms with van der Waals surface area (Å²) in [6.45, 7) is 4.94. The Labute approximate surface area is 182 Å². The summed E-state index contributed by atoms with van der Waals surface area (Å²) in [5, 5.41) is 6.52. The Bertz CT molecular complexity index is 868. The number of urea groups is 1. The SMILES string of the molecule is COc1ccc([C@H]2CCN(C(=O)C(C)C)C[C@@H]2NC(=O)Nc2ccc(Cl)cc2)cc1. The molecular weight excluding hydrogens is 402 g/mol. The average molecular weight is 430 g/mol. The normalized spacial score (nSPS) is 18.8. The van der Waals surface area contributed by atoms with Gasteiger partial charge in [-0.25, -0.2) is 4.79 Å². The standard InChI is InChI=1S/C23H28ClN3O3/c1-15(2)22(28)27-13-12-20(16-4-10-19(30-3)11-5-16)21(14-27)26-23(29)25-18-8-6-17(24)7-9-18/h4-11,15,20-21H,12-14H2,1-3H3,(H2,25,26,29)/t20-,21+/m1/s1. The van der Waals surface area contributed by atoms with Gasteiger partial charge in [-0.2, -0.15) is 0 Å². The van der Waals surface area contributed by atoms with Crippen LogP contribution in [-0.2, 0) is 4.79 Å². The summed E-state index contributed by atoms with van der Waals surface area (Å²) in [6, 6.07) is 14.3. The van der Waals surface area contributed by atoms with E-state index in [0.717, 1.165) is 17.7 Å². The van der Waals surface area contributed by atoms with Gasteiger partial charge in [0.15, 0.2) is 0 Å². The molecule has 1 aliphatic rings. The first-order valence-electron chi connectivity index (χ1n) is 10.1. The molecule has 2 atom stereocenters. The van der Waals surface area contributed by atoms with E-state index in [1.807, 2.05) is 43.0 Å². The smallest absolute Gasteiger partial charge is 0.319 e. The van der Waals surface area contributed by atoms with Crippen molar-refractivity contribution < 1.29 is 14.3 Å². The first-order valence-corrected chi connectivity index (χ1v) is 10.5. The van der Waals surface area contributed by atoms with Gasteiger partial charge in [0, 0.05) is 35.6 Å². The van der Waals surface area contributed by atoms with Gasteiger partial charge >= 0.3 is 6.03 Å². The molecule has 1 aliphatic heterocycles. The number of carbonyl (C=O) groups is 2. The predicted molar refractivity (Wildman–Crippen MR) is 119 cm³/mol. The van der Waals surface area contributed by atoms with Gasteiger partial charge in [-0.15, -0.1) is 0 Å². The second-order valence-electron chi connectivity index (χ2n) is 7.82. The third-order valence-electron chi connectivity index (χ3n) is 5.38. The minimum atomic E-state index is -0.306. The number of carbonyl (C=O) groups excluding carboxylic acids is 2. The summed E-state index contributed by atoms with van der Waals surface area (Å²) in [6.07, 6.45) is 0.774. The molecule has 3 amide bonds. The maximum absolute atomic E-state index is 12.7. The summed E-state index contributed by atoms with van der Waals surface area (Å²) in [7, 11) is 1.64. The third-order valence-corrected chi connectivity index (χ3v) is 5.63. The molecule has 0 aromatic heterocycles. The molecule has 7 heteroatoms. The van der Waals surface area contributed by atoms with Gasteiger partial charge in [0.25, 0.3) is 0 Å². The lowest BCUT2D eigenvalue weighted by Gasteiger charge is -2.40. The zero-order valence-electron chi connectivity index (χ0n) is 17.5. The number of benzene rings is 2. The lowest BCUT2D eigenvalue weighted by Crippen LogP contribution is -2.54. The summed E-state index contributed by atoms with van der Waals surface area (Å²) in [5.41, 5.74) is 1.77. The molecule has 1 saturated heterocycles. The van der Waals surface area contributed by atoms with Crippen molar-refractivity contribution in [1.29, 1.82) is 0 Å². The highest BCUT2D eigenvalue weighted by Crippen LogP contribution is 2.30. The third kappa shape index (κ3) is 5.45. The molecule has 0 aliphatic carbocycles. The minimum Gasteiger partial charge on any atom is -0.497 e. The van der Waals surface area contributed by atoms with E-state index in [1.54, 1.807) is 31.4 Å². The van der Waals surface area contributed by atoms with Gasteiger partial charge in [0.2, 0.25) is 5.91 Å². The second-order valence-corrected chi connectivity index (χ2v) is 8.26. The molecule has 3 rings (SSSR count). The summed E-state index contributed by atoms with van der Waals surface area (Å²) in [5.74, 6) is 0.915. The maximum atomic E-state index is 12.7. The number of halogens is 1. The van der Waals surface area contributed by atoms with Gasteiger partial charge in [0.05, 0.1) is 13.2 Å². The number of methoxy groups -OCH3 is 1. The number of nitrogens with zero attached hydrogens (tertiary/aromatic N) is 1. The van der Waals surface area contributed by atoms with Crippen LogP contribution in [0.15, 0.2) is 48.5 Å². The fraction of sp³-hybridized carbons (Fsp3) is 0.391. The van der Waals surface area contributed by atoms with E-state index in [0.29, 0.717) is 23.8 Å². The van der Waals surface area contributed by atoms with Crippen LogP contribution in [0.4, 0.5) is 10.5 Å². The van der Waals surface area contributed by atoms with Crippen LogP contribution < -0.4 is 15.4 Å². The highest BCUT2D eigenvalue weighted by molar-refractivity contribution is 6.30. The van der Waals surface area contributed by atoms with Crippen LogP contribution in [0.3, 0.4) is 0 Å². The molecule has 0 bridgehead atoms. The van der Waals surface area contributed by atoms with Crippen molar-refractivity contribution in [3.05, 3.63) is 59.1 Å². The van der Waals surface area contributed by atoms with E-state index < -0.39 is 0 Å². The molecule has 0 saturated carbocycles. The molecule has 160 valence electrons. The van der Waals surface area contributed by atoms with E-state index in [4.69, 9.17) is 16.3 Å². The van der Waals surface area contributed by atoms with Crippen molar-refractivity contribution in [3.63, 3.8) is 0 Å². The number of hydrogen-bond donors (Lipinski definition) is 2. The van der Waals surface area contributed by atoms with E-state index in [1.165, 1.54) is 0 Å². The maximum Gasteiger partial charge on any atom is 0.319 e. The fourth-order valence-electron chi connectivity index (χ4n) is 3.78. The molecular formula is C23H28ClN3O3. The lowest BCUT2D eigenvalue weighted by molar-refractivity contribution is -0.136. The highest BCUT2D eigenvalue weighted by Gasteiger charge is 2.34. The van der Waals surface area contributed by atoms with Gasteiger partial charge < -0.3 is 20.3 Å². The molecule has 1 fully saturated rings. The average Bonchev–Trinajstić information content (AvgIpc) is 2.75. The number of rotatable bonds is 5. The van der Waals surface area contributed by atoms with Crippen molar-refractivity contribution in [1.82, 2.24) is 10.2 Å². The van der Waals surface area contributed by atoms with Crippen molar-refractivity contribution in [2.75, 3.05) is 25.5 Å². The monoisotopic (exact) mass is 429 g/mol. The Hall–Kier alpha value is -2.73. The molecule has 2 aromatic rings. The molecule has 30 heavy (non-hydrogen) atoms. The van der Waals surface area contributed by atoms with Crippen molar-refractivity contribution in [2.45, 2.75) is 32.2 Å². The number of likely N-dealkylation sites (tertiary alicyclic amines) is 1. The summed E-state index contributed by atoms with van der Waals surface area (Å²) >= 11 is 5.91. The molecule has 0 unspecified atom stereocenters. The van der Waals surface area contributed by atoms with Crippen LogP contribution in [-0.4, -0.2) is 43.1 Å². The Morgan fingerprint density at radius 3 is 2.37 bits per heavy atom. The second kappa shape index (κ2) is 9.85. The Morgan fingerprint density at radius 2 is 1.77 bits per heavy atom. The lowest BCUT2D eigenvalue weighted by atomic mass is 9.85. The van der Waals surface area contributed by atoms with Crippen LogP contribution in [0.1, 0.15) is 31.7 Å². The van der Waals surface area contributed by atoms with Gasteiger partial charge in [-0.1, -0.05) is 37.6 Å². The Kier molecular flexibility index (Phi) is 7.21. The van der Waals surface area contributed by atoms with Gasteiger partial charge in [-0.3, -0.25) is 4.79 Å². The quantitative estimate of drug-likeness (QED) is 0.734. The highest BCUT2D eigenvalue weighted by atomic mass is 35.5. The van der Waals surface area contributed by atoms with Crippen LogP contribution in [0, 0.1) is 5.92 Å². The van der Waals surface area contributed by atoms with Gasteiger partial charge in [0.1, 0.15) is 5.75 Å². The zero-order chi connectivity index (χ0) is 21.7. The number of nitrogens with one attached hydrogen (secondary N) is 2. The van der Waals surface area contributed by atoms with E-state index in [2.05, 4.69) is 10.6 Å². The fourth-order valence-corrected chi connectivity index (χ4v) is 3.91. The number of ether oxygens (including phenoxy) is 1. The van der Waals surface area contributed by atoms with Crippen molar-refractivity contribution >= 4 is 29.2 Å². The van der Waals surface area contributed by atoms with Crippen LogP contribution in [0.5, 0.6) is 5.75 Å². The number of amides is 3. The molecule has 0 radical (unpaired) electrons. The van der Waals surface area contributed by atoms with E-state index >= 15 is 0 Å². The number of hydrogen-bond acceptors (Lipinski definition) is 3. The van der Waals surface area contributed by atoms with Crippen molar-refractivity contribution in [2.24, 2.45) is 5.92 Å². The molecule has 1 heterocycles. The van der Waals surface area contributed by atoms with Gasteiger partial charge in [-0.05, 0) is 48.4 Å². The number of anilines is 1. The molecule has 0 spiro atoms. The minimum absolute atomic E-state index is 0.0777. The Morgan fingerprint density at radius 1 is 1.10 bits per heavy atom. The van der Waals surface area contributed by atoms with E-state index in [9.17, 15) is 9.59 Å².